The fourth-order valence-corrected chi connectivity index (χ4v) is 1.07. The molecule has 0 spiro atoms. The smallest absolute Gasteiger partial charge is 0.408 e. The van der Waals surface area contributed by atoms with Crippen molar-refractivity contribution in [2.75, 3.05) is 6.54 Å². The largest absolute Gasteiger partial charge is 0.492 e. The molecule has 102 valence electrons. The van der Waals surface area contributed by atoms with Crippen LogP contribution in [-0.4, -0.2) is 33.3 Å². The summed E-state index contributed by atoms with van der Waals surface area (Å²) in [6.07, 6.45) is 0.466. The van der Waals surface area contributed by atoms with Gasteiger partial charge in [0, 0.05) is 0 Å². The van der Waals surface area contributed by atoms with Gasteiger partial charge in [-0.15, -0.1) is 0 Å². The van der Waals surface area contributed by atoms with Crippen molar-refractivity contribution in [1.29, 1.82) is 0 Å². The van der Waals surface area contributed by atoms with Crippen LogP contribution >= 0.6 is 0 Å². The summed E-state index contributed by atoms with van der Waals surface area (Å²) in [6, 6.07) is 0. The van der Waals surface area contributed by atoms with Gasteiger partial charge in [0.05, 0.1) is 12.9 Å². The second-order valence-corrected chi connectivity index (χ2v) is 4.59. The van der Waals surface area contributed by atoms with Gasteiger partial charge in [-0.2, -0.15) is 0 Å². The van der Waals surface area contributed by atoms with Crippen molar-refractivity contribution in [3.05, 3.63) is 22.2 Å². The molecular weight excluding hydrogens is 250 g/mol. The number of amides is 1. The molecule has 1 heterocycles. The Hall–Kier alpha value is -2.49. The van der Waals surface area contributed by atoms with Crippen molar-refractivity contribution in [1.82, 2.24) is 15.3 Å². The SMILES string of the molecule is CC(C)(C)OC(=O)NCC#Cc1c(O)nc[nH]c1=O. The van der Waals surface area contributed by atoms with E-state index >= 15 is 0 Å². The molecule has 7 nitrogen and oxygen atoms in total. The Bertz CT molecular complexity index is 575. The Morgan fingerprint density at radius 3 is 2.84 bits per heavy atom. The number of nitrogens with one attached hydrogen (secondary N) is 2. The van der Waals surface area contributed by atoms with Crippen molar-refractivity contribution < 1.29 is 14.6 Å². The van der Waals surface area contributed by atoms with E-state index in [0.29, 0.717) is 0 Å². The van der Waals surface area contributed by atoms with E-state index < -0.39 is 23.1 Å². The number of carbonyl (C=O) groups excluding carboxylic acids is 1. The molecule has 1 aromatic rings. The third kappa shape index (κ3) is 5.12. The monoisotopic (exact) mass is 265 g/mol. The molecular formula is C12H15N3O4. The van der Waals surface area contributed by atoms with Gasteiger partial charge in [-0.1, -0.05) is 11.8 Å². The number of ether oxygens (including phenoxy) is 1. The summed E-state index contributed by atoms with van der Waals surface area (Å²) in [5.74, 6) is 4.49. The van der Waals surface area contributed by atoms with E-state index in [9.17, 15) is 14.7 Å². The Morgan fingerprint density at radius 1 is 1.58 bits per heavy atom. The summed E-state index contributed by atoms with van der Waals surface area (Å²) in [5.41, 5.74) is -1.28. The number of hydrogen-bond acceptors (Lipinski definition) is 5. The lowest BCUT2D eigenvalue weighted by Crippen LogP contribution is -2.32. The van der Waals surface area contributed by atoms with E-state index in [0.717, 1.165) is 6.33 Å². The molecule has 19 heavy (non-hydrogen) atoms. The predicted octanol–water partition coefficient (Wildman–Crippen LogP) is 0.352. The molecule has 7 heteroatoms. The first-order chi connectivity index (χ1) is 8.79. The molecule has 1 rings (SSSR count). The van der Waals surface area contributed by atoms with Crippen LogP contribution in [0.2, 0.25) is 0 Å². The first-order valence-electron chi connectivity index (χ1n) is 5.52. The Balaban J connectivity index is 2.58. The summed E-state index contributed by atoms with van der Waals surface area (Å²) < 4.78 is 4.99. The maximum atomic E-state index is 11.3. The van der Waals surface area contributed by atoms with E-state index in [-0.39, 0.29) is 12.1 Å². The van der Waals surface area contributed by atoms with E-state index in [1.165, 1.54) is 0 Å². The molecule has 0 fully saturated rings. The van der Waals surface area contributed by atoms with Crippen LogP contribution in [0.3, 0.4) is 0 Å². The summed E-state index contributed by atoms with van der Waals surface area (Å²) in [4.78, 5) is 28.3. The minimum absolute atomic E-state index is 0.0112. The maximum absolute atomic E-state index is 11.3. The van der Waals surface area contributed by atoms with Crippen molar-refractivity contribution in [2.24, 2.45) is 0 Å². The van der Waals surface area contributed by atoms with Crippen LogP contribution in [0.4, 0.5) is 4.79 Å². The Kier molecular flexibility index (Phi) is 4.53. The highest BCUT2D eigenvalue weighted by Gasteiger charge is 2.15. The zero-order valence-electron chi connectivity index (χ0n) is 10.9. The molecule has 0 atom stereocenters. The van der Waals surface area contributed by atoms with Gasteiger partial charge in [-0.3, -0.25) is 4.79 Å². The molecule has 0 aromatic carbocycles. The zero-order chi connectivity index (χ0) is 14.5. The highest BCUT2D eigenvalue weighted by molar-refractivity contribution is 5.68. The van der Waals surface area contributed by atoms with Crippen LogP contribution < -0.4 is 10.9 Å². The molecule has 1 amide bonds. The topological polar surface area (TPSA) is 104 Å². The van der Waals surface area contributed by atoms with Crippen LogP contribution in [0.15, 0.2) is 11.1 Å². The molecule has 0 unspecified atom stereocenters. The molecule has 3 N–H and O–H groups in total. The zero-order valence-corrected chi connectivity index (χ0v) is 10.9. The fraction of sp³-hybridized carbons (Fsp3) is 0.417. The van der Waals surface area contributed by atoms with Gasteiger partial charge in [0.2, 0.25) is 5.88 Å². The fourth-order valence-electron chi connectivity index (χ4n) is 1.07. The molecule has 0 aliphatic rings. The van der Waals surface area contributed by atoms with Crippen molar-refractivity contribution in [3.63, 3.8) is 0 Å². The second-order valence-electron chi connectivity index (χ2n) is 4.59. The number of aromatic nitrogens is 2. The number of carbonyl (C=O) groups is 1. The minimum Gasteiger partial charge on any atom is -0.492 e. The summed E-state index contributed by atoms with van der Waals surface area (Å²) in [5, 5.41) is 11.7. The van der Waals surface area contributed by atoms with Crippen LogP contribution in [0, 0.1) is 11.8 Å². The van der Waals surface area contributed by atoms with Crippen LogP contribution in [-0.2, 0) is 4.74 Å². The average molecular weight is 265 g/mol. The first kappa shape index (κ1) is 14.6. The molecule has 0 radical (unpaired) electrons. The van der Waals surface area contributed by atoms with Crippen LogP contribution in [0.1, 0.15) is 26.3 Å². The molecule has 0 aliphatic carbocycles. The van der Waals surface area contributed by atoms with E-state index in [2.05, 4.69) is 27.1 Å². The summed E-state index contributed by atoms with van der Waals surface area (Å²) >= 11 is 0. The lowest BCUT2D eigenvalue weighted by atomic mass is 10.2. The number of hydrogen-bond donors (Lipinski definition) is 3. The van der Waals surface area contributed by atoms with Crippen molar-refractivity contribution in [2.45, 2.75) is 26.4 Å². The molecule has 0 saturated heterocycles. The molecule has 1 aromatic heterocycles. The summed E-state index contributed by atoms with van der Waals surface area (Å²) in [6.45, 7) is 5.21. The molecule has 0 saturated carbocycles. The van der Waals surface area contributed by atoms with Gasteiger partial charge in [0.1, 0.15) is 5.60 Å². The number of aromatic hydroxyl groups is 1. The quantitative estimate of drug-likeness (QED) is 0.636. The third-order valence-electron chi connectivity index (χ3n) is 1.77. The van der Waals surface area contributed by atoms with E-state index in [1.54, 1.807) is 20.8 Å². The molecule has 0 aliphatic heterocycles. The van der Waals surface area contributed by atoms with E-state index in [4.69, 9.17) is 4.74 Å². The normalized spacial score (nSPS) is 10.3. The highest BCUT2D eigenvalue weighted by atomic mass is 16.6. The number of alkyl carbamates (subject to hydrolysis) is 1. The average Bonchev–Trinajstić information content (AvgIpc) is 2.25. The molecule has 0 bridgehead atoms. The Labute approximate surface area is 110 Å². The number of rotatable bonds is 1. The van der Waals surface area contributed by atoms with E-state index in [1.807, 2.05) is 0 Å². The second kappa shape index (κ2) is 5.91. The van der Waals surface area contributed by atoms with Gasteiger partial charge < -0.3 is 20.1 Å². The van der Waals surface area contributed by atoms with Crippen LogP contribution in [0.5, 0.6) is 5.88 Å². The summed E-state index contributed by atoms with van der Waals surface area (Å²) in [7, 11) is 0. The lowest BCUT2D eigenvalue weighted by Gasteiger charge is -2.18. The van der Waals surface area contributed by atoms with Gasteiger partial charge in [0.25, 0.3) is 5.56 Å². The first-order valence-corrected chi connectivity index (χ1v) is 5.52. The standard InChI is InChI=1S/C12H15N3O4/c1-12(2,3)19-11(18)13-6-4-5-8-9(16)14-7-15-10(8)17/h7H,6H2,1-3H3,(H,13,18)(H2,14,15,16,17). The number of nitrogens with zero attached hydrogens (tertiary/aromatic N) is 1. The van der Waals surface area contributed by atoms with Gasteiger partial charge in [-0.05, 0) is 20.8 Å². The van der Waals surface area contributed by atoms with Crippen molar-refractivity contribution >= 4 is 6.09 Å². The minimum atomic E-state index is -0.605. The predicted molar refractivity (Wildman–Crippen MR) is 67.6 cm³/mol. The lowest BCUT2D eigenvalue weighted by molar-refractivity contribution is 0.0535. The number of H-pyrrole nitrogens is 1. The van der Waals surface area contributed by atoms with Crippen molar-refractivity contribution in [3.8, 4) is 17.7 Å². The van der Waals surface area contributed by atoms with Crippen LogP contribution in [0.25, 0.3) is 0 Å². The maximum Gasteiger partial charge on any atom is 0.408 e. The highest BCUT2D eigenvalue weighted by Crippen LogP contribution is 2.06. The third-order valence-corrected chi connectivity index (χ3v) is 1.77. The van der Waals surface area contributed by atoms with Gasteiger partial charge in [-0.25, -0.2) is 9.78 Å². The number of aromatic amines is 1. The van der Waals surface area contributed by atoms with Gasteiger partial charge in [0.15, 0.2) is 5.56 Å². The Morgan fingerprint density at radius 2 is 2.26 bits per heavy atom. The van der Waals surface area contributed by atoms with Gasteiger partial charge >= 0.3 is 6.09 Å².